The van der Waals surface area contributed by atoms with E-state index in [1.807, 2.05) is 11.8 Å². The normalized spacial score (nSPS) is 17.1. The summed E-state index contributed by atoms with van der Waals surface area (Å²) in [4.78, 5) is 22.5. The van der Waals surface area contributed by atoms with Crippen molar-refractivity contribution in [2.45, 2.75) is 19.8 Å². The van der Waals surface area contributed by atoms with Crippen molar-refractivity contribution in [2.75, 3.05) is 19.7 Å². The van der Waals surface area contributed by atoms with E-state index < -0.39 is 0 Å². The van der Waals surface area contributed by atoms with Crippen molar-refractivity contribution in [3.63, 3.8) is 0 Å². The van der Waals surface area contributed by atoms with Crippen LogP contribution < -0.4 is 4.74 Å². The lowest BCUT2D eigenvalue weighted by atomic mass is 10.1. The average Bonchev–Trinajstić information content (AvgIpc) is 3.06. The SMILES string of the molecule is Cc1cnc(C(=O)N2CCC(CCOc3ccc(F)cc3)C2)cn1. The van der Waals surface area contributed by atoms with Crippen LogP contribution in [-0.4, -0.2) is 40.5 Å². The maximum Gasteiger partial charge on any atom is 0.274 e. The summed E-state index contributed by atoms with van der Waals surface area (Å²) in [6.45, 7) is 3.84. The van der Waals surface area contributed by atoms with Crippen molar-refractivity contribution >= 4 is 5.91 Å². The Bertz CT molecular complexity index is 688. The van der Waals surface area contributed by atoms with Gasteiger partial charge in [0, 0.05) is 19.3 Å². The Morgan fingerprint density at radius 1 is 1.29 bits per heavy atom. The summed E-state index contributed by atoms with van der Waals surface area (Å²) in [5, 5.41) is 0. The second-order valence-electron chi connectivity index (χ2n) is 6.04. The molecule has 1 atom stereocenters. The van der Waals surface area contributed by atoms with E-state index in [0.717, 1.165) is 25.1 Å². The highest BCUT2D eigenvalue weighted by molar-refractivity contribution is 5.92. The fraction of sp³-hybridized carbons (Fsp3) is 0.389. The Morgan fingerprint density at radius 2 is 2.08 bits per heavy atom. The van der Waals surface area contributed by atoms with Crippen LogP contribution >= 0.6 is 0 Å². The molecule has 1 fully saturated rings. The van der Waals surface area contributed by atoms with Crippen LogP contribution in [-0.2, 0) is 0 Å². The van der Waals surface area contributed by atoms with Gasteiger partial charge in [-0.05, 0) is 49.9 Å². The molecule has 1 aromatic heterocycles. The summed E-state index contributed by atoms with van der Waals surface area (Å²) in [6.07, 6.45) is 4.96. The minimum atomic E-state index is -0.272. The van der Waals surface area contributed by atoms with Crippen LogP contribution in [0.25, 0.3) is 0 Å². The molecule has 0 spiro atoms. The van der Waals surface area contributed by atoms with Gasteiger partial charge < -0.3 is 9.64 Å². The van der Waals surface area contributed by atoms with Gasteiger partial charge in [0.1, 0.15) is 17.3 Å². The van der Waals surface area contributed by atoms with Crippen LogP contribution in [0.4, 0.5) is 4.39 Å². The van der Waals surface area contributed by atoms with Crippen LogP contribution in [0.1, 0.15) is 29.0 Å². The zero-order valence-corrected chi connectivity index (χ0v) is 13.6. The van der Waals surface area contributed by atoms with Crippen LogP contribution in [0.2, 0.25) is 0 Å². The van der Waals surface area contributed by atoms with E-state index in [-0.39, 0.29) is 11.7 Å². The van der Waals surface area contributed by atoms with Gasteiger partial charge in [-0.25, -0.2) is 9.37 Å². The molecule has 6 heteroatoms. The molecule has 0 radical (unpaired) electrons. The van der Waals surface area contributed by atoms with Crippen molar-refractivity contribution in [2.24, 2.45) is 5.92 Å². The molecule has 3 rings (SSSR count). The number of aromatic nitrogens is 2. The maximum absolute atomic E-state index is 12.8. The predicted octanol–water partition coefficient (Wildman–Crippen LogP) is 2.86. The lowest BCUT2D eigenvalue weighted by molar-refractivity contribution is 0.0779. The number of benzene rings is 1. The zero-order chi connectivity index (χ0) is 16.9. The molecule has 1 amide bonds. The van der Waals surface area contributed by atoms with Crippen LogP contribution in [0.3, 0.4) is 0 Å². The van der Waals surface area contributed by atoms with Gasteiger partial charge in [0.2, 0.25) is 0 Å². The van der Waals surface area contributed by atoms with Gasteiger partial charge in [0.25, 0.3) is 5.91 Å². The molecule has 2 aromatic rings. The third-order valence-corrected chi connectivity index (χ3v) is 4.18. The molecule has 0 bridgehead atoms. The van der Waals surface area contributed by atoms with Gasteiger partial charge in [0.05, 0.1) is 18.5 Å². The van der Waals surface area contributed by atoms with E-state index in [1.54, 1.807) is 18.3 Å². The Kier molecular flexibility index (Phi) is 5.03. The number of ether oxygens (including phenoxy) is 1. The molecular weight excluding hydrogens is 309 g/mol. The van der Waals surface area contributed by atoms with Crippen molar-refractivity contribution in [1.82, 2.24) is 14.9 Å². The van der Waals surface area contributed by atoms with E-state index in [4.69, 9.17) is 4.74 Å². The molecule has 1 aliphatic heterocycles. The highest BCUT2D eigenvalue weighted by atomic mass is 19.1. The second-order valence-corrected chi connectivity index (χ2v) is 6.04. The predicted molar refractivity (Wildman–Crippen MR) is 87.3 cm³/mol. The van der Waals surface area contributed by atoms with E-state index in [9.17, 15) is 9.18 Å². The summed E-state index contributed by atoms with van der Waals surface area (Å²) in [7, 11) is 0. The molecule has 5 nitrogen and oxygen atoms in total. The molecule has 1 aliphatic rings. The van der Waals surface area contributed by atoms with E-state index in [1.165, 1.54) is 18.3 Å². The van der Waals surface area contributed by atoms with E-state index >= 15 is 0 Å². The fourth-order valence-electron chi connectivity index (χ4n) is 2.79. The largest absolute Gasteiger partial charge is 0.494 e. The van der Waals surface area contributed by atoms with Gasteiger partial charge in [-0.1, -0.05) is 0 Å². The molecule has 126 valence electrons. The number of carbonyl (C=O) groups excluding carboxylic acids is 1. The molecule has 1 aromatic carbocycles. The highest BCUT2D eigenvalue weighted by Crippen LogP contribution is 2.21. The second kappa shape index (κ2) is 7.38. The third-order valence-electron chi connectivity index (χ3n) is 4.18. The third kappa shape index (κ3) is 4.07. The topological polar surface area (TPSA) is 55.3 Å². The summed E-state index contributed by atoms with van der Waals surface area (Å²) in [5.74, 6) is 0.737. The first kappa shape index (κ1) is 16.4. The van der Waals surface area contributed by atoms with E-state index in [0.29, 0.717) is 30.5 Å². The first-order valence-corrected chi connectivity index (χ1v) is 8.08. The van der Waals surface area contributed by atoms with Crippen LogP contribution in [0.5, 0.6) is 5.75 Å². The minimum Gasteiger partial charge on any atom is -0.494 e. The van der Waals surface area contributed by atoms with Crippen molar-refractivity contribution in [3.8, 4) is 5.75 Å². The maximum atomic E-state index is 12.8. The quantitative estimate of drug-likeness (QED) is 0.846. The van der Waals surface area contributed by atoms with Crippen molar-refractivity contribution in [3.05, 3.63) is 53.9 Å². The zero-order valence-electron chi connectivity index (χ0n) is 13.6. The number of aryl methyl sites for hydroxylation is 1. The Morgan fingerprint density at radius 3 is 2.79 bits per heavy atom. The van der Waals surface area contributed by atoms with Crippen molar-refractivity contribution in [1.29, 1.82) is 0 Å². The lowest BCUT2D eigenvalue weighted by Gasteiger charge is -2.16. The number of hydrogen-bond donors (Lipinski definition) is 0. The molecule has 0 N–H and O–H groups in total. The van der Waals surface area contributed by atoms with Gasteiger partial charge in [-0.15, -0.1) is 0 Å². The first-order valence-electron chi connectivity index (χ1n) is 8.08. The monoisotopic (exact) mass is 329 g/mol. The smallest absolute Gasteiger partial charge is 0.274 e. The number of carbonyl (C=O) groups is 1. The Hall–Kier alpha value is -2.50. The lowest BCUT2D eigenvalue weighted by Crippen LogP contribution is -2.29. The molecule has 0 saturated carbocycles. The van der Waals surface area contributed by atoms with E-state index in [2.05, 4.69) is 9.97 Å². The number of likely N-dealkylation sites (tertiary alicyclic amines) is 1. The summed E-state index contributed by atoms with van der Waals surface area (Å²) < 4.78 is 18.5. The number of hydrogen-bond acceptors (Lipinski definition) is 4. The molecular formula is C18H20FN3O2. The highest BCUT2D eigenvalue weighted by Gasteiger charge is 2.27. The Labute approximate surface area is 140 Å². The summed E-state index contributed by atoms with van der Waals surface area (Å²) >= 11 is 0. The number of rotatable bonds is 5. The molecule has 2 heterocycles. The van der Waals surface area contributed by atoms with Gasteiger partial charge >= 0.3 is 0 Å². The average molecular weight is 329 g/mol. The number of nitrogens with zero attached hydrogens (tertiary/aromatic N) is 3. The molecule has 0 aliphatic carbocycles. The van der Waals surface area contributed by atoms with Gasteiger partial charge in [-0.3, -0.25) is 9.78 Å². The Balaban J connectivity index is 1.46. The minimum absolute atomic E-state index is 0.0653. The summed E-state index contributed by atoms with van der Waals surface area (Å²) in [5.41, 5.74) is 1.19. The van der Waals surface area contributed by atoms with Crippen LogP contribution in [0, 0.1) is 18.7 Å². The van der Waals surface area contributed by atoms with Gasteiger partial charge in [-0.2, -0.15) is 0 Å². The van der Waals surface area contributed by atoms with Gasteiger partial charge in [0.15, 0.2) is 0 Å². The molecule has 1 saturated heterocycles. The summed E-state index contributed by atoms with van der Waals surface area (Å²) in [6, 6.07) is 6.01. The standard InChI is InChI=1S/C18H20FN3O2/c1-13-10-21-17(11-20-13)18(23)22-8-6-14(12-22)7-9-24-16-4-2-15(19)3-5-16/h2-5,10-11,14H,6-9,12H2,1H3. The molecule has 1 unspecified atom stereocenters. The first-order chi connectivity index (χ1) is 11.6. The number of halogens is 1. The number of amides is 1. The molecule has 24 heavy (non-hydrogen) atoms. The fourth-order valence-corrected chi connectivity index (χ4v) is 2.79. The van der Waals surface area contributed by atoms with Crippen molar-refractivity contribution < 1.29 is 13.9 Å². The van der Waals surface area contributed by atoms with Crippen LogP contribution in [0.15, 0.2) is 36.7 Å².